The molecular formula is C26H27N5O. The maximum Gasteiger partial charge on any atom is 0.256 e. The molecule has 0 radical (unpaired) electrons. The Morgan fingerprint density at radius 1 is 1.03 bits per heavy atom. The predicted molar refractivity (Wildman–Crippen MR) is 124 cm³/mol. The zero-order valence-corrected chi connectivity index (χ0v) is 18.5. The number of aryl methyl sites for hydroxylation is 3. The normalized spacial score (nSPS) is 14.6. The highest BCUT2D eigenvalue weighted by molar-refractivity contribution is 6.04. The number of aromatic nitrogens is 4. The molecule has 6 nitrogen and oxygen atoms in total. The number of rotatable bonds is 4. The largest absolute Gasteiger partial charge is 0.329 e. The molecule has 162 valence electrons. The third-order valence-electron chi connectivity index (χ3n) is 6.21. The third-order valence-corrected chi connectivity index (χ3v) is 6.21. The van der Waals surface area contributed by atoms with E-state index in [0.29, 0.717) is 11.1 Å². The standard InChI is InChI=1S/C26H27N5O/c1-18-17-20(23-25(28-18)31-16-10-4-7-14-22(31)29-23)26(32)30(2)24(19-11-5-3-6-12-19)21-13-8-9-15-27-21/h3,5-6,8-9,11-13,15,17,24H,4,7,10,14,16H2,1-2H3. The number of nitrogens with zero attached hydrogens (tertiary/aromatic N) is 5. The molecule has 1 amide bonds. The molecule has 1 unspecified atom stereocenters. The Hall–Kier alpha value is -3.54. The van der Waals surface area contributed by atoms with E-state index in [1.807, 2.05) is 68.6 Å². The maximum absolute atomic E-state index is 13.9. The molecule has 6 heteroatoms. The van der Waals surface area contributed by atoms with Crippen LogP contribution in [0.1, 0.15) is 58.4 Å². The monoisotopic (exact) mass is 425 g/mol. The van der Waals surface area contributed by atoms with Crippen LogP contribution in [0.5, 0.6) is 0 Å². The van der Waals surface area contributed by atoms with Crippen LogP contribution in [0.15, 0.2) is 60.8 Å². The Labute approximate surface area is 188 Å². The van der Waals surface area contributed by atoms with Crippen molar-refractivity contribution in [3.8, 4) is 0 Å². The molecule has 0 saturated carbocycles. The number of hydrogen-bond donors (Lipinski definition) is 0. The van der Waals surface area contributed by atoms with E-state index in [1.54, 1.807) is 11.1 Å². The fourth-order valence-electron chi connectivity index (χ4n) is 4.65. The zero-order valence-electron chi connectivity index (χ0n) is 18.5. The Kier molecular flexibility index (Phi) is 5.43. The first-order valence-electron chi connectivity index (χ1n) is 11.2. The molecule has 1 aliphatic rings. The van der Waals surface area contributed by atoms with Gasteiger partial charge in [-0.25, -0.2) is 9.97 Å². The van der Waals surface area contributed by atoms with Crippen LogP contribution < -0.4 is 0 Å². The lowest BCUT2D eigenvalue weighted by Crippen LogP contribution is -2.32. The number of carbonyl (C=O) groups excluding carboxylic acids is 1. The minimum absolute atomic E-state index is 0.0757. The van der Waals surface area contributed by atoms with Crippen LogP contribution in [0.25, 0.3) is 11.2 Å². The molecule has 0 spiro atoms. The number of pyridine rings is 2. The van der Waals surface area contributed by atoms with Crippen molar-refractivity contribution in [2.75, 3.05) is 7.05 Å². The van der Waals surface area contributed by atoms with E-state index < -0.39 is 0 Å². The van der Waals surface area contributed by atoms with E-state index in [-0.39, 0.29) is 11.9 Å². The second-order valence-corrected chi connectivity index (χ2v) is 8.46. The number of fused-ring (bicyclic) bond motifs is 3. The summed E-state index contributed by atoms with van der Waals surface area (Å²) in [7, 11) is 1.84. The minimum atomic E-state index is -0.297. The number of amides is 1. The van der Waals surface area contributed by atoms with E-state index in [9.17, 15) is 4.79 Å². The molecule has 3 aromatic heterocycles. The van der Waals surface area contributed by atoms with Gasteiger partial charge in [0, 0.05) is 31.9 Å². The van der Waals surface area contributed by atoms with Gasteiger partial charge in [-0.3, -0.25) is 9.78 Å². The quantitative estimate of drug-likeness (QED) is 0.474. The Bertz CT molecular complexity index is 1210. The molecule has 1 aromatic carbocycles. The van der Waals surface area contributed by atoms with Gasteiger partial charge in [0.15, 0.2) is 5.65 Å². The Balaban J connectivity index is 1.61. The van der Waals surface area contributed by atoms with Gasteiger partial charge in [0.25, 0.3) is 5.91 Å². The second kappa shape index (κ2) is 8.54. The topological polar surface area (TPSA) is 63.9 Å². The van der Waals surface area contributed by atoms with Crippen molar-refractivity contribution in [3.63, 3.8) is 0 Å². The zero-order chi connectivity index (χ0) is 22.1. The van der Waals surface area contributed by atoms with Gasteiger partial charge < -0.3 is 9.47 Å². The Morgan fingerprint density at radius 2 is 1.84 bits per heavy atom. The first kappa shape index (κ1) is 20.4. The summed E-state index contributed by atoms with van der Waals surface area (Å²) in [5.41, 5.74) is 4.81. The van der Waals surface area contributed by atoms with Gasteiger partial charge >= 0.3 is 0 Å². The fraction of sp³-hybridized carbons (Fsp3) is 0.308. The SMILES string of the molecule is Cc1cc(C(=O)N(C)C(c2ccccc2)c2ccccn2)c2nc3n(c2n1)CCCCC3. The highest BCUT2D eigenvalue weighted by Crippen LogP contribution is 2.30. The summed E-state index contributed by atoms with van der Waals surface area (Å²) < 4.78 is 2.21. The van der Waals surface area contributed by atoms with Crippen LogP contribution in [0.2, 0.25) is 0 Å². The van der Waals surface area contributed by atoms with Crippen molar-refractivity contribution in [1.29, 1.82) is 0 Å². The van der Waals surface area contributed by atoms with E-state index in [0.717, 1.165) is 54.2 Å². The molecule has 0 N–H and O–H groups in total. The van der Waals surface area contributed by atoms with Crippen LogP contribution in [0.4, 0.5) is 0 Å². The lowest BCUT2D eigenvalue weighted by Gasteiger charge is -2.28. The van der Waals surface area contributed by atoms with Crippen LogP contribution in [0.3, 0.4) is 0 Å². The summed E-state index contributed by atoms with van der Waals surface area (Å²) in [6, 6.07) is 17.4. The minimum Gasteiger partial charge on any atom is -0.329 e. The van der Waals surface area contributed by atoms with Crippen LogP contribution in [0, 0.1) is 6.92 Å². The van der Waals surface area contributed by atoms with E-state index >= 15 is 0 Å². The fourth-order valence-corrected chi connectivity index (χ4v) is 4.65. The third kappa shape index (κ3) is 3.66. The molecule has 5 rings (SSSR count). The molecule has 0 saturated heterocycles. The van der Waals surface area contributed by atoms with Crippen molar-refractivity contribution in [1.82, 2.24) is 24.4 Å². The molecule has 1 atom stereocenters. The summed E-state index contributed by atoms with van der Waals surface area (Å²) in [6.45, 7) is 2.85. The van der Waals surface area contributed by atoms with Crippen molar-refractivity contribution in [3.05, 3.63) is 89.1 Å². The lowest BCUT2D eigenvalue weighted by atomic mass is 10.0. The molecule has 0 bridgehead atoms. The van der Waals surface area contributed by atoms with Crippen LogP contribution >= 0.6 is 0 Å². The average molecular weight is 426 g/mol. The van der Waals surface area contributed by atoms with Gasteiger partial charge in [0.1, 0.15) is 11.3 Å². The smallest absolute Gasteiger partial charge is 0.256 e. The summed E-state index contributed by atoms with van der Waals surface area (Å²) in [4.78, 5) is 29.9. The molecule has 0 aliphatic carbocycles. The lowest BCUT2D eigenvalue weighted by molar-refractivity contribution is 0.0754. The molecule has 32 heavy (non-hydrogen) atoms. The van der Waals surface area contributed by atoms with Gasteiger partial charge in [-0.05, 0) is 43.5 Å². The highest BCUT2D eigenvalue weighted by Gasteiger charge is 2.28. The van der Waals surface area contributed by atoms with Gasteiger partial charge in [0.2, 0.25) is 0 Å². The first-order chi connectivity index (χ1) is 15.6. The van der Waals surface area contributed by atoms with Crippen LogP contribution in [-0.4, -0.2) is 37.4 Å². The average Bonchev–Trinajstić information content (AvgIpc) is 3.00. The molecule has 4 aromatic rings. The van der Waals surface area contributed by atoms with E-state index in [4.69, 9.17) is 9.97 Å². The maximum atomic E-state index is 13.9. The van der Waals surface area contributed by atoms with Crippen molar-refractivity contribution >= 4 is 17.1 Å². The van der Waals surface area contributed by atoms with Gasteiger partial charge in [0.05, 0.1) is 17.3 Å². The molecular weight excluding hydrogens is 398 g/mol. The summed E-state index contributed by atoms with van der Waals surface area (Å²) in [6.07, 6.45) is 6.15. The van der Waals surface area contributed by atoms with Crippen molar-refractivity contribution < 1.29 is 4.79 Å². The summed E-state index contributed by atoms with van der Waals surface area (Å²) >= 11 is 0. The first-order valence-corrected chi connectivity index (χ1v) is 11.2. The van der Waals surface area contributed by atoms with Gasteiger partial charge in [-0.2, -0.15) is 0 Å². The summed E-state index contributed by atoms with van der Waals surface area (Å²) in [5.74, 6) is 0.963. The predicted octanol–water partition coefficient (Wildman–Crippen LogP) is 4.72. The van der Waals surface area contributed by atoms with Gasteiger partial charge in [-0.15, -0.1) is 0 Å². The molecule has 4 heterocycles. The molecule has 0 fully saturated rings. The number of benzene rings is 1. The molecule has 1 aliphatic heterocycles. The number of carbonyl (C=O) groups is 1. The number of hydrogen-bond acceptors (Lipinski definition) is 4. The second-order valence-electron chi connectivity index (χ2n) is 8.46. The summed E-state index contributed by atoms with van der Waals surface area (Å²) in [5, 5.41) is 0. The Morgan fingerprint density at radius 3 is 2.62 bits per heavy atom. The highest BCUT2D eigenvalue weighted by atomic mass is 16.2. The van der Waals surface area contributed by atoms with Crippen LogP contribution in [-0.2, 0) is 13.0 Å². The van der Waals surface area contributed by atoms with E-state index in [2.05, 4.69) is 9.55 Å². The van der Waals surface area contributed by atoms with Crippen molar-refractivity contribution in [2.45, 2.75) is 45.2 Å². The number of imidazole rings is 1. The van der Waals surface area contributed by atoms with Crippen molar-refractivity contribution in [2.24, 2.45) is 0 Å². The van der Waals surface area contributed by atoms with E-state index in [1.165, 1.54) is 6.42 Å². The van der Waals surface area contributed by atoms with Gasteiger partial charge in [-0.1, -0.05) is 42.8 Å².